The maximum atomic E-state index is 11.3. The highest BCUT2D eigenvalue weighted by atomic mass is 32.1. The van der Waals surface area contributed by atoms with E-state index in [1.54, 1.807) is 7.05 Å². The molecule has 18 heavy (non-hydrogen) atoms. The fraction of sp³-hybridized carbons (Fsp3) is 0.231. The lowest BCUT2D eigenvalue weighted by Crippen LogP contribution is -2.21. The highest BCUT2D eigenvalue weighted by Gasteiger charge is 2.06. The summed E-state index contributed by atoms with van der Waals surface area (Å²) in [6, 6.07) is 5.72. The van der Waals surface area contributed by atoms with Crippen LogP contribution in [0.1, 0.15) is 5.56 Å². The third kappa shape index (κ3) is 2.29. The first-order valence-electron chi connectivity index (χ1n) is 5.45. The van der Waals surface area contributed by atoms with Crippen LogP contribution in [0.4, 0.5) is 4.79 Å². The van der Waals surface area contributed by atoms with Crippen molar-refractivity contribution in [3.63, 3.8) is 0 Å². The molecule has 4 nitrogen and oxygen atoms in total. The van der Waals surface area contributed by atoms with Gasteiger partial charge in [-0.05, 0) is 24.6 Å². The highest BCUT2D eigenvalue weighted by molar-refractivity contribution is 7.16. The van der Waals surface area contributed by atoms with Gasteiger partial charge in [-0.3, -0.25) is 0 Å². The third-order valence-electron chi connectivity index (χ3n) is 2.50. The predicted octanol–water partition coefficient (Wildman–Crippen LogP) is 1.88. The van der Waals surface area contributed by atoms with Gasteiger partial charge in [-0.15, -0.1) is 6.42 Å². The van der Waals surface area contributed by atoms with Gasteiger partial charge < -0.3 is 9.88 Å². The van der Waals surface area contributed by atoms with Gasteiger partial charge in [-0.2, -0.15) is 4.99 Å². The topological polar surface area (TPSA) is 46.4 Å². The monoisotopic (exact) mass is 259 g/mol. The normalized spacial score (nSPS) is 11.5. The van der Waals surface area contributed by atoms with Crippen LogP contribution in [-0.4, -0.2) is 17.6 Å². The summed E-state index contributed by atoms with van der Waals surface area (Å²) in [5.74, 6) is 2.59. The number of aromatic nitrogens is 1. The molecule has 92 valence electrons. The van der Waals surface area contributed by atoms with Crippen LogP contribution in [0.5, 0.6) is 0 Å². The van der Waals surface area contributed by atoms with Gasteiger partial charge in [-0.25, -0.2) is 4.79 Å². The number of aryl methyl sites for hydroxylation is 1. The summed E-state index contributed by atoms with van der Waals surface area (Å²) >= 11 is 1.46. The first-order valence-corrected chi connectivity index (χ1v) is 6.27. The molecule has 0 saturated carbocycles. The van der Waals surface area contributed by atoms with Crippen LogP contribution < -0.4 is 10.1 Å². The Kier molecular flexibility index (Phi) is 3.49. The number of thiazole rings is 1. The number of urea groups is 1. The molecule has 1 aromatic carbocycles. The fourth-order valence-corrected chi connectivity index (χ4v) is 2.78. The van der Waals surface area contributed by atoms with E-state index in [9.17, 15) is 4.79 Å². The number of amides is 2. The van der Waals surface area contributed by atoms with Gasteiger partial charge in [0, 0.05) is 7.05 Å². The SMILES string of the molecule is C#CCn1/c(=N\C(=O)NC)sc2cc(C)ccc21. The van der Waals surface area contributed by atoms with Crippen molar-refractivity contribution in [2.45, 2.75) is 13.5 Å². The van der Waals surface area contributed by atoms with Gasteiger partial charge in [-0.1, -0.05) is 23.3 Å². The van der Waals surface area contributed by atoms with E-state index in [0.29, 0.717) is 11.3 Å². The van der Waals surface area contributed by atoms with Gasteiger partial charge in [0.1, 0.15) is 0 Å². The van der Waals surface area contributed by atoms with Crippen LogP contribution in [0.15, 0.2) is 23.2 Å². The summed E-state index contributed by atoms with van der Waals surface area (Å²) < 4.78 is 2.95. The molecule has 0 aliphatic rings. The number of terminal acetylenes is 1. The van der Waals surface area contributed by atoms with E-state index in [4.69, 9.17) is 6.42 Å². The average molecular weight is 259 g/mol. The van der Waals surface area contributed by atoms with Crippen molar-refractivity contribution in [2.24, 2.45) is 4.99 Å². The number of benzene rings is 1. The molecule has 2 rings (SSSR count). The molecule has 5 heteroatoms. The Morgan fingerprint density at radius 2 is 2.39 bits per heavy atom. The lowest BCUT2D eigenvalue weighted by atomic mass is 10.2. The Labute approximate surface area is 109 Å². The second kappa shape index (κ2) is 5.07. The number of hydrogen-bond donors (Lipinski definition) is 1. The van der Waals surface area contributed by atoms with Crippen LogP contribution >= 0.6 is 11.3 Å². The number of hydrogen-bond acceptors (Lipinski definition) is 2. The van der Waals surface area contributed by atoms with Crippen molar-refractivity contribution in [3.8, 4) is 12.3 Å². The van der Waals surface area contributed by atoms with E-state index in [1.807, 2.05) is 23.6 Å². The van der Waals surface area contributed by atoms with Crippen molar-refractivity contribution in [3.05, 3.63) is 28.6 Å². The van der Waals surface area contributed by atoms with Crippen molar-refractivity contribution in [2.75, 3.05) is 7.05 Å². The van der Waals surface area contributed by atoms with Crippen molar-refractivity contribution >= 4 is 27.6 Å². The van der Waals surface area contributed by atoms with Gasteiger partial charge >= 0.3 is 6.03 Å². The minimum Gasteiger partial charge on any atom is -0.339 e. The van der Waals surface area contributed by atoms with E-state index >= 15 is 0 Å². The average Bonchev–Trinajstić information content (AvgIpc) is 2.67. The summed E-state index contributed by atoms with van der Waals surface area (Å²) in [6.45, 7) is 2.43. The quantitative estimate of drug-likeness (QED) is 0.781. The first-order chi connectivity index (χ1) is 8.65. The largest absolute Gasteiger partial charge is 0.343 e. The summed E-state index contributed by atoms with van der Waals surface area (Å²) in [6.07, 6.45) is 5.36. The molecule has 0 saturated heterocycles. The van der Waals surface area contributed by atoms with Crippen LogP contribution in [0.3, 0.4) is 0 Å². The molecular weight excluding hydrogens is 246 g/mol. The lowest BCUT2D eigenvalue weighted by molar-refractivity contribution is 0.250. The molecule has 0 atom stereocenters. The second-order valence-corrected chi connectivity index (χ2v) is 4.82. The molecule has 1 heterocycles. The molecule has 0 spiro atoms. The lowest BCUT2D eigenvalue weighted by Gasteiger charge is -1.99. The summed E-state index contributed by atoms with van der Waals surface area (Å²) in [5.41, 5.74) is 2.18. The first kappa shape index (κ1) is 12.4. The maximum absolute atomic E-state index is 11.3. The van der Waals surface area contributed by atoms with E-state index in [0.717, 1.165) is 10.2 Å². The van der Waals surface area contributed by atoms with Crippen LogP contribution in [0, 0.1) is 19.3 Å². The molecule has 0 aliphatic heterocycles. The van der Waals surface area contributed by atoms with Crippen molar-refractivity contribution < 1.29 is 4.79 Å². The molecule has 1 N–H and O–H groups in total. The maximum Gasteiger partial charge on any atom is 0.343 e. The third-order valence-corrected chi connectivity index (χ3v) is 3.54. The molecule has 0 aliphatic carbocycles. The highest BCUT2D eigenvalue weighted by Crippen LogP contribution is 2.18. The molecule has 2 aromatic rings. The van der Waals surface area contributed by atoms with Gasteiger partial charge in [0.15, 0.2) is 4.80 Å². The van der Waals surface area contributed by atoms with Crippen LogP contribution in [0.25, 0.3) is 10.2 Å². The smallest absolute Gasteiger partial charge is 0.339 e. The van der Waals surface area contributed by atoms with Gasteiger partial charge in [0.25, 0.3) is 0 Å². The molecule has 1 aromatic heterocycles. The number of carbonyl (C=O) groups is 1. The van der Waals surface area contributed by atoms with Gasteiger partial charge in [0.2, 0.25) is 0 Å². The minimum atomic E-state index is -0.371. The molecule has 0 radical (unpaired) electrons. The van der Waals surface area contributed by atoms with E-state index in [1.165, 1.54) is 16.9 Å². The number of fused-ring (bicyclic) bond motifs is 1. The Hall–Kier alpha value is -2.06. The molecule has 0 unspecified atom stereocenters. The number of nitrogens with zero attached hydrogens (tertiary/aromatic N) is 2. The molecule has 2 amide bonds. The summed E-state index contributed by atoms with van der Waals surface area (Å²) in [4.78, 5) is 16.0. The summed E-state index contributed by atoms with van der Waals surface area (Å²) in [5, 5.41) is 2.47. The Morgan fingerprint density at radius 3 is 3.06 bits per heavy atom. The molecular formula is C13H13N3OS. The standard InChI is InChI=1S/C13H13N3OS/c1-4-7-16-10-6-5-9(2)8-11(10)18-13(16)15-12(17)14-3/h1,5-6,8H,7H2,2-3H3,(H,14,17)/b15-13+. The zero-order chi connectivity index (χ0) is 13.1. The van der Waals surface area contributed by atoms with E-state index in [2.05, 4.69) is 22.3 Å². The minimum absolute atomic E-state index is 0.371. The van der Waals surface area contributed by atoms with Crippen LogP contribution in [-0.2, 0) is 6.54 Å². The molecule has 0 fully saturated rings. The number of nitrogens with one attached hydrogen (secondary N) is 1. The zero-order valence-corrected chi connectivity index (χ0v) is 11.0. The Morgan fingerprint density at radius 1 is 1.61 bits per heavy atom. The fourth-order valence-electron chi connectivity index (χ4n) is 1.65. The number of rotatable bonds is 1. The second-order valence-electron chi connectivity index (χ2n) is 3.81. The molecule has 0 bridgehead atoms. The number of carbonyl (C=O) groups excluding carboxylic acids is 1. The van der Waals surface area contributed by atoms with Crippen LogP contribution in [0.2, 0.25) is 0 Å². The predicted molar refractivity (Wildman–Crippen MR) is 73.4 cm³/mol. The van der Waals surface area contributed by atoms with Gasteiger partial charge in [0.05, 0.1) is 16.8 Å². The van der Waals surface area contributed by atoms with E-state index in [-0.39, 0.29) is 6.03 Å². The van der Waals surface area contributed by atoms with Crippen molar-refractivity contribution in [1.29, 1.82) is 0 Å². The Balaban J connectivity index is 2.73. The summed E-state index contributed by atoms with van der Waals surface area (Å²) in [7, 11) is 1.55. The van der Waals surface area contributed by atoms with Crippen molar-refractivity contribution in [1.82, 2.24) is 9.88 Å². The Bertz CT molecular complexity index is 703. The zero-order valence-electron chi connectivity index (χ0n) is 10.2. The van der Waals surface area contributed by atoms with E-state index < -0.39 is 0 Å².